The average molecular weight is 249 g/mol. The van der Waals surface area contributed by atoms with E-state index in [1.165, 1.54) is 0 Å². The van der Waals surface area contributed by atoms with Gasteiger partial charge in [0.25, 0.3) is 0 Å². The van der Waals surface area contributed by atoms with Gasteiger partial charge in [0, 0.05) is 12.0 Å². The molecule has 0 radical (unpaired) electrons. The molecule has 0 spiro atoms. The van der Waals surface area contributed by atoms with E-state index in [0.29, 0.717) is 6.42 Å². The fourth-order valence-corrected chi connectivity index (χ4v) is 1.71. The van der Waals surface area contributed by atoms with Gasteiger partial charge in [-0.15, -0.1) is 0 Å². The smallest absolute Gasteiger partial charge is 0.305 e. The van der Waals surface area contributed by atoms with Crippen molar-refractivity contribution in [2.24, 2.45) is 5.41 Å². The molecule has 0 fully saturated rings. The molecule has 1 rings (SSSR count). The highest BCUT2D eigenvalue weighted by Crippen LogP contribution is 2.21. The van der Waals surface area contributed by atoms with Crippen LogP contribution < -0.4 is 5.32 Å². The van der Waals surface area contributed by atoms with Gasteiger partial charge < -0.3 is 10.4 Å². The summed E-state index contributed by atoms with van der Waals surface area (Å²) in [5, 5.41) is 11.2. The molecule has 0 aliphatic rings. The van der Waals surface area contributed by atoms with Crippen LogP contribution in [0.25, 0.3) is 0 Å². The van der Waals surface area contributed by atoms with Crippen molar-refractivity contribution in [1.29, 1.82) is 0 Å². The fraction of sp³-hybridized carbons (Fsp3) is 0.429. The minimum atomic E-state index is -0.906. The molecule has 0 saturated heterocycles. The van der Waals surface area contributed by atoms with Crippen LogP contribution in [-0.4, -0.2) is 23.5 Å². The van der Waals surface area contributed by atoms with Crippen LogP contribution in [0.1, 0.15) is 25.8 Å². The third-order valence-corrected chi connectivity index (χ3v) is 2.73. The summed E-state index contributed by atoms with van der Waals surface area (Å²) in [6, 6.07) is 9.77. The van der Waals surface area contributed by atoms with Crippen LogP contribution in [0.3, 0.4) is 0 Å². The number of hydrogen-bond acceptors (Lipinski definition) is 2. The normalized spacial score (nSPS) is 11.0. The molecule has 0 unspecified atom stereocenters. The summed E-state index contributed by atoms with van der Waals surface area (Å²) < 4.78 is 0. The second kappa shape index (κ2) is 6.19. The van der Waals surface area contributed by atoms with E-state index >= 15 is 0 Å². The largest absolute Gasteiger partial charge is 0.481 e. The lowest BCUT2D eigenvalue weighted by molar-refractivity contribution is -0.137. The number of benzene rings is 1. The van der Waals surface area contributed by atoms with Gasteiger partial charge >= 0.3 is 5.97 Å². The molecule has 0 aliphatic heterocycles. The number of carboxylic acid groups (broad SMARTS) is 1. The van der Waals surface area contributed by atoms with Gasteiger partial charge in [0.2, 0.25) is 5.91 Å². The predicted molar refractivity (Wildman–Crippen MR) is 69.2 cm³/mol. The standard InChI is InChI=1S/C14H19NO3/c1-14(2,10-11-6-4-3-5-7-11)13(18)15-9-8-12(16)17/h3-7H,8-10H2,1-2H3,(H,15,18)(H,16,17). The van der Waals surface area contributed by atoms with Crippen molar-refractivity contribution in [3.8, 4) is 0 Å². The van der Waals surface area contributed by atoms with Crippen molar-refractivity contribution < 1.29 is 14.7 Å². The average Bonchev–Trinajstić information content (AvgIpc) is 2.29. The second-order valence-electron chi connectivity index (χ2n) is 4.95. The predicted octanol–water partition coefficient (Wildman–Crippen LogP) is 1.85. The van der Waals surface area contributed by atoms with E-state index in [2.05, 4.69) is 5.32 Å². The summed E-state index contributed by atoms with van der Waals surface area (Å²) >= 11 is 0. The Labute approximate surface area is 107 Å². The Morgan fingerprint density at radius 3 is 2.39 bits per heavy atom. The lowest BCUT2D eigenvalue weighted by Crippen LogP contribution is -2.39. The molecule has 4 nitrogen and oxygen atoms in total. The summed E-state index contributed by atoms with van der Waals surface area (Å²) in [4.78, 5) is 22.3. The van der Waals surface area contributed by atoms with E-state index in [-0.39, 0.29) is 18.9 Å². The fourth-order valence-electron chi connectivity index (χ4n) is 1.71. The van der Waals surface area contributed by atoms with Gasteiger partial charge in [-0.3, -0.25) is 9.59 Å². The number of aliphatic carboxylic acids is 1. The van der Waals surface area contributed by atoms with E-state index < -0.39 is 11.4 Å². The van der Waals surface area contributed by atoms with Gasteiger partial charge in [0.1, 0.15) is 0 Å². The molecule has 2 N–H and O–H groups in total. The highest BCUT2D eigenvalue weighted by molar-refractivity contribution is 5.82. The van der Waals surface area contributed by atoms with Crippen LogP contribution in [0.15, 0.2) is 30.3 Å². The van der Waals surface area contributed by atoms with E-state index in [9.17, 15) is 9.59 Å². The molecule has 1 amide bonds. The van der Waals surface area contributed by atoms with Crippen LogP contribution in [0.5, 0.6) is 0 Å². The number of carbonyl (C=O) groups is 2. The Hall–Kier alpha value is -1.84. The van der Waals surface area contributed by atoms with Crippen LogP contribution in [0, 0.1) is 5.41 Å². The Bertz CT molecular complexity index is 412. The highest BCUT2D eigenvalue weighted by Gasteiger charge is 2.27. The molecular formula is C14H19NO3. The van der Waals surface area contributed by atoms with Gasteiger partial charge in [-0.1, -0.05) is 44.2 Å². The monoisotopic (exact) mass is 249 g/mol. The maximum Gasteiger partial charge on any atom is 0.305 e. The molecule has 0 aromatic heterocycles. The Morgan fingerprint density at radius 2 is 1.83 bits per heavy atom. The van der Waals surface area contributed by atoms with Crippen LogP contribution >= 0.6 is 0 Å². The molecule has 0 aliphatic carbocycles. The first-order valence-corrected chi connectivity index (χ1v) is 5.96. The molecule has 0 saturated carbocycles. The minimum Gasteiger partial charge on any atom is -0.481 e. The van der Waals surface area contributed by atoms with Crippen molar-refractivity contribution in [2.45, 2.75) is 26.7 Å². The van der Waals surface area contributed by atoms with Gasteiger partial charge in [-0.05, 0) is 12.0 Å². The van der Waals surface area contributed by atoms with Crippen molar-refractivity contribution in [3.63, 3.8) is 0 Å². The molecule has 0 heterocycles. The first-order valence-electron chi connectivity index (χ1n) is 5.96. The molecular weight excluding hydrogens is 230 g/mol. The lowest BCUT2D eigenvalue weighted by atomic mass is 9.85. The first-order chi connectivity index (χ1) is 8.42. The third kappa shape index (κ3) is 4.57. The number of carboxylic acids is 1. The molecule has 18 heavy (non-hydrogen) atoms. The summed E-state index contributed by atoms with van der Waals surface area (Å²) in [6.45, 7) is 3.89. The van der Waals surface area contributed by atoms with Gasteiger partial charge in [-0.2, -0.15) is 0 Å². The molecule has 1 aromatic carbocycles. The van der Waals surface area contributed by atoms with Crippen molar-refractivity contribution in [2.75, 3.05) is 6.54 Å². The molecule has 4 heteroatoms. The number of hydrogen-bond donors (Lipinski definition) is 2. The SMILES string of the molecule is CC(C)(Cc1ccccc1)C(=O)NCCC(=O)O. The Balaban J connectivity index is 2.52. The van der Waals surface area contributed by atoms with E-state index in [0.717, 1.165) is 5.56 Å². The summed E-state index contributed by atoms with van der Waals surface area (Å²) in [7, 11) is 0. The van der Waals surface area contributed by atoms with Gasteiger partial charge in [0.15, 0.2) is 0 Å². The number of rotatable bonds is 6. The van der Waals surface area contributed by atoms with E-state index in [1.54, 1.807) is 0 Å². The van der Waals surface area contributed by atoms with Crippen molar-refractivity contribution in [3.05, 3.63) is 35.9 Å². The Morgan fingerprint density at radius 1 is 1.22 bits per heavy atom. The van der Waals surface area contributed by atoms with Crippen molar-refractivity contribution >= 4 is 11.9 Å². The zero-order chi connectivity index (χ0) is 13.6. The number of nitrogens with one attached hydrogen (secondary N) is 1. The van der Waals surface area contributed by atoms with Crippen LogP contribution in [0.4, 0.5) is 0 Å². The second-order valence-corrected chi connectivity index (χ2v) is 4.95. The maximum atomic E-state index is 11.9. The number of carbonyl (C=O) groups excluding carboxylic acids is 1. The summed E-state index contributed by atoms with van der Waals surface area (Å²) in [5.74, 6) is -1.02. The highest BCUT2D eigenvalue weighted by atomic mass is 16.4. The topological polar surface area (TPSA) is 66.4 Å². The van der Waals surface area contributed by atoms with Crippen LogP contribution in [-0.2, 0) is 16.0 Å². The van der Waals surface area contributed by atoms with Gasteiger partial charge in [0.05, 0.1) is 6.42 Å². The minimum absolute atomic E-state index is 0.0485. The zero-order valence-corrected chi connectivity index (χ0v) is 10.8. The van der Waals surface area contributed by atoms with Gasteiger partial charge in [-0.25, -0.2) is 0 Å². The summed E-state index contributed by atoms with van der Waals surface area (Å²) in [5.41, 5.74) is 0.552. The number of amides is 1. The quantitative estimate of drug-likeness (QED) is 0.808. The molecule has 0 atom stereocenters. The molecule has 0 bridgehead atoms. The summed E-state index contributed by atoms with van der Waals surface area (Å²) in [6.07, 6.45) is 0.583. The van der Waals surface area contributed by atoms with Crippen LogP contribution in [0.2, 0.25) is 0 Å². The molecule has 98 valence electrons. The zero-order valence-electron chi connectivity index (χ0n) is 10.8. The Kier molecular flexibility index (Phi) is 4.89. The van der Waals surface area contributed by atoms with E-state index in [4.69, 9.17) is 5.11 Å². The third-order valence-electron chi connectivity index (χ3n) is 2.73. The first kappa shape index (κ1) is 14.2. The lowest BCUT2D eigenvalue weighted by Gasteiger charge is -2.23. The maximum absolute atomic E-state index is 11.9. The molecule has 1 aromatic rings. The van der Waals surface area contributed by atoms with Crippen molar-refractivity contribution in [1.82, 2.24) is 5.32 Å². The van der Waals surface area contributed by atoms with E-state index in [1.807, 2.05) is 44.2 Å².